The zero-order valence-corrected chi connectivity index (χ0v) is 17.9. The molecule has 0 spiro atoms. The third-order valence-corrected chi connectivity index (χ3v) is 6.42. The number of nitrogens with one attached hydrogen (secondary N) is 1. The number of hydrogen-bond acceptors (Lipinski definition) is 4. The SMILES string of the molecule is O=C(CN(Cc1ccccc1)S(=O)(=O)c1ccccc1)N/N=C/c1c(F)cccc1Cl. The van der Waals surface area contributed by atoms with Crippen LogP contribution in [0.4, 0.5) is 4.39 Å². The normalized spacial score (nSPS) is 11.7. The Kier molecular flexibility index (Phi) is 7.51. The molecule has 160 valence electrons. The van der Waals surface area contributed by atoms with Crippen LogP contribution < -0.4 is 5.43 Å². The number of carbonyl (C=O) groups is 1. The van der Waals surface area contributed by atoms with E-state index in [0.717, 1.165) is 16.1 Å². The van der Waals surface area contributed by atoms with Crippen molar-refractivity contribution in [1.29, 1.82) is 0 Å². The third-order valence-electron chi connectivity index (χ3n) is 4.29. The van der Waals surface area contributed by atoms with Crippen molar-refractivity contribution in [2.75, 3.05) is 6.54 Å². The number of benzene rings is 3. The van der Waals surface area contributed by atoms with Crippen molar-refractivity contribution in [2.24, 2.45) is 5.10 Å². The second-order valence-electron chi connectivity index (χ2n) is 6.50. The number of carbonyl (C=O) groups excluding carboxylic acids is 1. The summed E-state index contributed by atoms with van der Waals surface area (Å²) in [5.41, 5.74) is 2.96. The van der Waals surface area contributed by atoms with Crippen LogP contribution in [0.1, 0.15) is 11.1 Å². The van der Waals surface area contributed by atoms with Crippen molar-refractivity contribution in [1.82, 2.24) is 9.73 Å². The molecule has 3 aromatic carbocycles. The van der Waals surface area contributed by atoms with Gasteiger partial charge in [0.05, 0.1) is 22.7 Å². The molecule has 3 aromatic rings. The van der Waals surface area contributed by atoms with Crippen LogP contribution in [0.2, 0.25) is 5.02 Å². The van der Waals surface area contributed by atoms with Crippen molar-refractivity contribution in [3.8, 4) is 0 Å². The van der Waals surface area contributed by atoms with Crippen LogP contribution >= 0.6 is 11.6 Å². The number of halogens is 2. The maximum absolute atomic E-state index is 13.8. The smallest absolute Gasteiger partial charge is 0.255 e. The van der Waals surface area contributed by atoms with Gasteiger partial charge in [0.2, 0.25) is 10.0 Å². The van der Waals surface area contributed by atoms with Crippen LogP contribution in [0.5, 0.6) is 0 Å². The minimum Gasteiger partial charge on any atom is -0.272 e. The zero-order valence-electron chi connectivity index (χ0n) is 16.3. The Bertz CT molecular complexity index is 1150. The van der Waals surface area contributed by atoms with Gasteiger partial charge in [0, 0.05) is 12.1 Å². The highest BCUT2D eigenvalue weighted by Gasteiger charge is 2.26. The van der Waals surface area contributed by atoms with E-state index in [9.17, 15) is 17.6 Å². The molecule has 1 amide bonds. The van der Waals surface area contributed by atoms with E-state index in [-0.39, 0.29) is 22.0 Å². The zero-order chi connectivity index (χ0) is 22.3. The molecule has 0 aromatic heterocycles. The Labute approximate surface area is 185 Å². The predicted octanol–water partition coefficient (Wildman–Crippen LogP) is 3.82. The first-order valence-electron chi connectivity index (χ1n) is 9.23. The van der Waals surface area contributed by atoms with Gasteiger partial charge in [-0.1, -0.05) is 66.2 Å². The van der Waals surface area contributed by atoms with Gasteiger partial charge < -0.3 is 0 Å². The highest BCUT2D eigenvalue weighted by molar-refractivity contribution is 7.89. The summed E-state index contributed by atoms with van der Waals surface area (Å²) in [5, 5.41) is 3.84. The lowest BCUT2D eigenvalue weighted by atomic mass is 10.2. The Morgan fingerprint density at radius 1 is 1.00 bits per heavy atom. The van der Waals surface area contributed by atoms with Gasteiger partial charge in [-0.3, -0.25) is 4.79 Å². The Morgan fingerprint density at radius 2 is 1.65 bits per heavy atom. The molecule has 0 radical (unpaired) electrons. The monoisotopic (exact) mass is 459 g/mol. The van der Waals surface area contributed by atoms with E-state index in [1.807, 2.05) is 6.07 Å². The fourth-order valence-electron chi connectivity index (χ4n) is 2.75. The summed E-state index contributed by atoms with van der Waals surface area (Å²) in [6.45, 7) is -0.483. The molecule has 3 rings (SSSR count). The lowest BCUT2D eigenvalue weighted by Gasteiger charge is -2.21. The average Bonchev–Trinajstić information content (AvgIpc) is 2.76. The molecule has 0 unspecified atom stereocenters. The van der Waals surface area contributed by atoms with Gasteiger partial charge in [-0.2, -0.15) is 9.41 Å². The van der Waals surface area contributed by atoms with Gasteiger partial charge in [0.1, 0.15) is 5.82 Å². The van der Waals surface area contributed by atoms with E-state index in [1.165, 1.54) is 30.3 Å². The lowest BCUT2D eigenvalue weighted by Crippen LogP contribution is -2.39. The van der Waals surface area contributed by atoms with Gasteiger partial charge in [-0.25, -0.2) is 18.2 Å². The van der Waals surface area contributed by atoms with Crippen LogP contribution in [0.25, 0.3) is 0 Å². The first-order chi connectivity index (χ1) is 14.9. The fraction of sp³-hybridized carbons (Fsp3) is 0.0909. The van der Waals surface area contributed by atoms with Crippen LogP contribution in [0.15, 0.2) is 88.9 Å². The van der Waals surface area contributed by atoms with Crippen molar-refractivity contribution in [3.63, 3.8) is 0 Å². The summed E-state index contributed by atoms with van der Waals surface area (Å²) in [4.78, 5) is 12.5. The molecular weight excluding hydrogens is 441 g/mol. The van der Waals surface area contributed by atoms with E-state index in [0.29, 0.717) is 0 Å². The topological polar surface area (TPSA) is 78.8 Å². The van der Waals surface area contributed by atoms with Crippen molar-refractivity contribution >= 4 is 33.7 Å². The van der Waals surface area contributed by atoms with Gasteiger partial charge >= 0.3 is 0 Å². The van der Waals surface area contributed by atoms with Crippen molar-refractivity contribution < 1.29 is 17.6 Å². The summed E-state index contributed by atoms with van der Waals surface area (Å²) < 4.78 is 41.0. The molecule has 0 fully saturated rings. The van der Waals surface area contributed by atoms with Crippen molar-refractivity contribution in [3.05, 3.63) is 101 Å². The molecule has 0 saturated heterocycles. The molecule has 31 heavy (non-hydrogen) atoms. The molecule has 0 heterocycles. The number of rotatable bonds is 8. The van der Waals surface area contributed by atoms with E-state index >= 15 is 0 Å². The number of sulfonamides is 1. The first-order valence-corrected chi connectivity index (χ1v) is 11.0. The Balaban J connectivity index is 1.78. The maximum atomic E-state index is 13.8. The molecule has 1 N–H and O–H groups in total. The van der Waals surface area contributed by atoms with E-state index in [1.54, 1.807) is 42.5 Å². The molecular formula is C22H19ClFN3O3S. The highest BCUT2D eigenvalue weighted by atomic mass is 35.5. The molecule has 9 heteroatoms. The average molecular weight is 460 g/mol. The summed E-state index contributed by atoms with van der Waals surface area (Å²) in [6.07, 6.45) is 1.07. The van der Waals surface area contributed by atoms with Crippen LogP contribution in [0, 0.1) is 5.82 Å². The minimum absolute atomic E-state index is 0.00561. The summed E-state index contributed by atoms with van der Waals surface area (Å²) in [7, 11) is -3.95. The standard InChI is InChI=1S/C22H19ClFN3O3S/c23-20-12-7-13-21(24)19(20)14-25-26-22(28)16-27(15-17-8-3-1-4-9-17)31(29,30)18-10-5-2-6-11-18/h1-14H,15-16H2,(H,26,28)/b25-14+. The van der Waals surface area contributed by atoms with Crippen LogP contribution in [0.3, 0.4) is 0 Å². The molecule has 0 aliphatic carbocycles. The maximum Gasteiger partial charge on any atom is 0.255 e. The van der Waals surface area contributed by atoms with Gasteiger partial charge in [0.25, 0.3) is 5.91 Å². The second kappa shape index (κ2) is 10.3. The van der Waals surface area contributed by atoms with Gasteiger partial charge in [0.15, 0.2) is 0 Å². The Morgan fingerprint density at radius 3 is 2.29 bits per heavy atom. The fourth-order valence-corrected chi connectivity index (χ4v) is 4.37. The van der Waals surface area contributed by atoms with Crippen LogP contribution in [-0.2, 0) is 21.4 Å². The van der Waals surface area contributed by atoms with Crippen molar-refractivity contribution in [2.45, 2.75) is 11.4 Å². The Hall–Kier alpha value is -3.07. The quantitative estimate of drug-likeness (QED) is 0.411. The molecule has 0 saturated carbocycles. The van der Waals surface area contributed by atoms with Gasteiger partial charge in [-0.15, -0.1) is 0 Å². The largest absolute Gasteiger partial charge is 0.272 e. The molecule has 0 aliphatic rings. The number of amides is 1. The molecule has 0 bridgehead atoms. The second-order valence-corrected chi connectivity index (χ2v) is 8.85. The van der Waals surface area contributed by atoms with E-state index in [4.69, 9.17) is 11.6 Å². The van der Waals surface area contributed by atoms with E-state index < -0.39 is 28.3 Å². The number of nitrogens with zero attached hydrogens (tertiary/aromatic N) is 2. The predicted molar refractivity (Wildman–Crippen MR) is 118 cm³/mol. The number of hydrogen-bond donors (Lipinski definition) is 1. The number of hydrazone groups is 1. The molecule has 0 atom stereocenters. The summed E-state index contributed by atoms with van der Waals surface area (Å²) in [5.74, 6) is -1.28. The minimum atomic E-state index is -3.95. The lowest BCUT2D eigenvalue weighted by molar-refractivity contribution is -0.121. The third kappa shape index (κ3) is 5.97. The van der Waals surface area contributed by atoms with Gasteiger partial charge in [-0.05, 0) is 29.8 Å². The van der Waals surface area contributed by atoms with Crippen LogP contribution in [-0.4, -0.2) is 31.4 Å². The molecule has 0 aliphatic heterocycles. The summed E-state index contributed by atoms with van der Waals surface area (Å²) in [6, 6.07) is 20.9. The summed E-state index contributed by atoms with van der Waals surface area (Å²) >= 11 is 5.92. The van der Waals surface area contributed by atoms with E-state index in [2.05, 4.69) is 10.5 Å². The first kappa shape index (κ1) is 22.6. The molecule has 6 nitrogen and oxygen atoms in total. The highest BCUT2D eigenvalue weighted by Crippen LogP contribution is 2.18.